The second-order valence-corrected chi connectivity index (χ2v) is 14.6. The number of likely N-dealkylation sites (N-methyl/N-ethyl adjacent to an activating group) is 2. The molecule has 0 aromatic carbocycles. The van der Waals surface area contributed by atoms with Gasteiger partial charge in [0.1, 0.15) is 23.0 Å². The first-order valence-corrected chi connectivity index (χ1v) is 16.7. The van der Waals surface area contributed by atoms with E-state index >= 15 is 0 Å². The molecule has 2 spiro atoms. The van der Waals surface area contributed by atoms with Gasteiger partial charge in [0.25, 0.3) is 0 Å². The number of hydrogen-bond donors (Lipinski definition) is 1. The Bertz CT molecular complexity index is 1640. The number of aromatic nitrogens is 3. The zero-order valence-corrected chi connectivity index (χ0v) is 26.6. The van der Waals surface area contributed by atoms with Gasteiger partial charge >= 0.3 is 0 Å². The summed E-state index contributed by atoms with van der Waals surface area (Å²) in [5.74, 6) is 2.73. The lowest BCUT2D eigenvalue weighted by atomic mass is 9.68. The molecule has 2 N–H and O–H groups in total. The van der Waals surface area contributed by atoms with Crippen molar-refractivity contribution in [1.82, 2.24) is 24.9 Å². The van der Waals surface area contributed by atoms with Crippen LogP contribution < -0.4 is 15.4 Å². The number of nitrogen functional groups attached to an aromatic ring is 1. The lowest BCUT2D eigenvalue weighted by Gasteiger charge is -2.40. The fourth-order valence-electron chi connectivity index (χ4n) is 8.24. The van der Waals surface area contributed by atoms with Crippen molar-refractivity contribution in [2.24, 2.45) is 0 Å². The van der Waals surface area contributed by atoms with Gasteiger partial charge in [-0.2, -0.15) is 10.2 Å². The molecule has 3 aromatic rings. The minimum absolute atomic E-state index is 0.0129. The minimum atomic E-state index is -0.597. The van der Waals surface area contributed by atoms with Crippen molar-refractivity contribution in [2.45, 2.75) is 81.6 Å². The Labute approximate surface area is 261 Å². The molecule has 44 heavy (non-hydrogen) atoms. The van der Waals surface area contributed by atoms with Crippen LogP contribution in [0.15, 0.2) is 10.6 Å². The van der Waals surface area contributed by atoms with E-state index in [1.807, 2.05) is 6.07 Å². The van der Waals surface area contributed by atoms with Crippen molar-refractivity contribution in [1.29, 1.82) is 5.26 Å². The zero-order chi connectivity index (χ0) is 30.2. The third kappa shape index (κ3) is 4.35. The summed E-state index contributed by atoms with van der Waals surface area (Å²) in [7, 11) is 4.41. The van der Waals surface area contributed by atoms with Crippen LogP contribution in [-0.4, -0.2) is 89.5 Å². The Morgan fingerprint density at radius 3 is 2.82 bits per heavy atom. The number of fused-ring (bicyclic) bond motifs is 4. The molecule has 1 saturated carbocycles. The summed E-state index contributed by atoms with van der Waals surface area (Å²) in [5, 5.41) is 15.2. The summed E-state index contributed by atoms with van der Waals surface area (Å²) < 4.78 is 19.0. The fraction of sp³-hybridized carbons (Fsp3) is 0.625. The molecule has 2 aliphatic carbocycles. The lowest BCUT2D eigenvalue weighted by Crippen LogP contribution is -2.53. The van der Waals surface area contributed by atoms with E-state index in [1.54, 1.807) is 0 Å². The number of piperazine rings is 1. The van der Waals surface area contributed by atoms with Gasteiger partial charge in [-0.3, -0.25) is 9.80 Å². The van der Waals surface area contributed by atoms with Crippen LogP contribution in [0, 0.1) is 11.3 Å². The fourth-order valence-corrected chi connectivity index (χ4v) is 9.29. The van der Waals surface area contributed by atoms with Gasteiger partial charge < -0.3 is 24.6 Å². The third-order valence-electron chi connectivity index (χ3n) is 10.9. The van der Waals surface area contributed by atoms with Crippen LogP contribution in [-0.2, 0) is 23.2 Å². The van der Waals surface area contributed by atoms with Gasteiger partial charge in [0.05, 0.1) is 24.2 Å². The Morgan fingerprint density at radius 2 is 2.05 bits per heavy atom. The van der Waals surface area contributed by atoms with Gasteiger partial charge in [-0.05, 0) is 72.5 Å². The molecule has 0 unspecified atom stereocenters. The molecule has 8 rings (SSSR count). The van der Waals surface area contributed by atoms with Crippen molar-refractivity contribution in [3.63, 3.8) is 0 Å². The first-order valence-electron chi connectivity index (χ1n) is 15.9. The molecule has 232 valence electrons. The van der Waals surface area contributed by atoms with Gasteiger partial charge in [-0.1, -0.05) is 5.16 Å². The normalized spacial score (nSPS) is 26.9. The minimum Gasteiger partial charge on any atom is -0.473 e. The van der Waals surface area contributed by atoms with Gasteiger partial charge in [-0.15, -0.1) is 11.3 Å². The average molecular weight is 617 g/mol. The number of ether oxygens (including phenoxy) is 2. The van der Waals surface area contributed by atoms with Crippen LogP contribution in [0.2, 0.25) is 0 Å². The van der Waals surface area contributed by atoms with E-state index in [4.69, 9.17) is 29.7 Å². The van der Waals surface area contributed by atoms with Gasteiger partial charge in [0, 0.05) is 53.3 Å². The summed E-state index contributed by atoms with van der Waals surface area (Å²) in [6.45, 7) is 6.94. The van der Waals surface area contributed by atoms with Crippen LogP contribution in [0.4, 0.5) is 10.8 Å². The molecule has 6 heterocycles. The summed E-state index contributed by atoms with van der Waals surface area (Å²) in [5.41, 5.74) is 9.10. The van der Waals surface area contributed by atoms with Crippen molar-refractivity contribution >= 4 is 22.2 Å². The molecule has 0 radical (unpaired) electrons. The molecule has 3 aliphatic heterocycles. The first-order chi connectivity index (χ1) is 21.3. The topological polar surface area (TPSA) is 130 Å². The Kier molecular flexibility index (Phi) is 6.68. The van der Waals surface area contributed by atoms with Crippen LogP contribution in [0.5, 0.6) is 5.88 Å². The van der Waals surface area contributed by atoms with E-state index < -0.39 is 5.41 Å². The number of anilines is 2. The van der Waals surface area contributed by atoms with Crippen molar-refractivity contribution in [3.8, 4) is 23.5 Å². The van der Waals surface area contributed by atoms with Crippen molar-refractivity contribution in [2.75, 3.05) is 57.5 Å². The predicted molar refractivity (Wildman–Crippen MR) is 167 cm³/mol. The first kappa shape index (κ1) is 28.2. The molecule has 5 aliphatic rings. The molecule has 3 fully saturated rings. The molecule has 11 nitrogen and oxygen atoms in total. The molecule has 12 heteroatoms. The van der Waals surface area contributed by atoms with Crippen LogP contribution >= 0.6 is 11.3 Å². The van der Waals surface area contributed by atoms with Crippen molar-refractivity contribution in [3.05, 3.63) is 33.4 Å². The van der Waals surface area contributed by atoms with Gasteiger partial charge in [0.15, 0.2) is 17.3 Å². The Balaban J connectivity index is 1.21. The zero-order valence-electron chi connectivity index (χ0n) is 25.8. The monoisotopic (exact) mass is 616 g/mol. The summed E-state index contributed by atoms with van der Waals surface area (Å²) in [6.07, 6.45) is 7.21. The second kappa shape index (κ2) is 10.4. The Hall–Kier alpha value is -3.24. The van der Waals surface area contributed by atoms with E-state index in [0.29, 0.717) is 47.2 Å². The highest BCUT2D eigenvalue weighted by Gasteiger charge is 2.51. The summed E-state index contributed by atoms with van der Waals surface area (Å²) in [4.78, 5) is 18.4. The maximum absolute atomic E-state index is 10.1. The number of thiophene rings is 1. The van der Waals surface area contributed by atoms with Crippen molar-refractivity contribution < 1.29 is 14.0 Å². The molecular formula is C32H40N8O3S. The number of nitriles is 1. The number of hydrogen-bond acceptors (Lipinski definition) is 12. The maximum atomic E-state index is 10.1. The van der Waals surface area contributed by atoms with E-state index in [9.17, 15) is 5.26 Å². The second-order valence-electron chi connectivity index (χ2n) is 13.5. The maximum Gasteiger partial charge on any atom is 0.219 e. The highest BCUT2D eigenvalue weighted by Crippen LogP contribution is 2.52. The van der Waals surface area contributed by atoms with E-state index in [-0.39, 0.29) is 11.6 Å². The molecule has 2 saturated heterocycles. The third-order valence-corrected chi connectivity index (χ3v) is 11.9. The smallest absolute Gasteiger partial charge is 0.219 e. The van der Waals surface area contributed by atoms with E-state index in [2.05, 4.69) is 46.9 Å². The number of likely N-dealkylation sites (tertiary alicyclic amines) is 1. The summed E-state index contributed by atoms with van der Waals surface area (Å²) >= 11 is 1.44. The lowest BCUT2D eigenvalue weighted by molar-refractivity contribution is 0.0503. The molecule has 0 bridgehead atoms. The standard InChI is InChI=1S/C32H40N8O3S/c1-19(22-7-5-11-38(22)2)42-25-14-24(40-13-12-39(3)31(17-40)9-10-31)35-30(36-25)27-20-6-4-8-32(28(20)43-37-27)18-41-16-23-26(32)21(15-33)29(34)44-23/h14,19,22H,4-13,16-18,34H2,1-3H3/t19-,22-,32+/m0/s1. The molecule has 3 aromatic heterocycles. The predicted octanol–water partition coefficient (Wildman–Crippen LogP) is 3.95. The Morgan fingerprint density at radius 1 is 1.18 bits per heavy atom. The highest BCUT2D eigenvalue weighted by molar-refractivity contribution is 7.16. The number of nitrogens with zero attached hydrogens (tertiary/aromatic N) is 7. The van der Waals surface area contributed by atoms with E-state index in [0.717, 1.165) is 79.4 Å². The van der Waals surface area contributed by atoms with Crippen LogP contribution in [0.1, 0.15) is 72.8 Å². The van der Waals surface area contributed by atoms with Gasteiger partial charge in [-0.25, -0.2) is 4.98 Å². The SMILES string of the molecule is C[C@H](Oc1cc(N2CCN(C)C3(CC3)C2)nc(-c2noc3c2CCC[C@]32COCc3sc(N)c(C#N)c32)n1)[C@@H]1CCCN1C. The highest BCUT2D eigenvalue weighted by atomic mass is 32.1. The van der Waals surface area contributed by atoms with E-state index in [1.165, 1.54) is 30.6 Å². The van der Waals surface area contributed by atoms with Crippen LogP contribution in [0.25, 0.3) is 11.5 Å². The molecule has 0 amide bonds. The quantitative estimate of drug-likeness (QED) is 0.447. The van der Waals surface area contributed by atoms with Crippen LogP contribution in [0.3, 0.4) is 0 Å². The van der Waals surface area contributed by atoms with Gasteiger partial charge in [0.2, 0.25) is 5.88 Å². The summed E-state index contributed by atoms with van der Waals surface area (Å²) in [6, 6.07) is 4.73. The average Bonchev–Trinajstić information content (AvgIpc) is 3.30. The number of nitrogens with two attached hydrogens (primary N) is 1. The molecule has 3 atom stereocenters. The number of rotatable bonds is 5. The largest absolute Gasteiger partial charge is 0.473 e. The molecular weight excluding hydrogens is 576 g/mol.